The molecule has 8 nitrogen and oxygen atoms in total. The molecule has 0 amide bonds. The Morgan fingerprint density at radius 2 is 2.03 bits per heavy atom. The predicted molar refractivity (Wildman–Crippen MR) is 145 cm³/mol. The van der Waals surface area contributed by atoms with Crippen molar-refractivity contribution in [3.63, 3.8) is 0 Å². The number of hydrazone groups is 1. The average Bonchev–Trinajstić information content (AvgIpc) is 3.25. The van der Waals surface area contributed by atoms with Gasteiger partial charge in [0, 0.05) is 44.2 Å². The maximum Gasteiger partial charge on any atom is 0.154 e. The van der Waals surface area contributed by atoms with Gasteiger partial charge in [-0.1, -0.05) is 13.8 Å². The molecule has 2 aromatic carbocycles. The van der Waals surface area contributed by atoms with Crippen molar-refractivity contribution in [3.05, 3.63) is 59.5 Å². The molecule has 0 bridgehead atoms. The summed E-state index contributed by atoms with van der Waals surface area (Å²) in [6.07, 6.45) is 3.14. The molecule has 1 aliphatic heterocycles. The van der Waals surface area contributed by atoms with Gasteiger partial charge in [0.05, 0.1) is 23.6 Å². The van der Waals surface area contributed by atoms with Gasteiger partial charge in [0.15, 0.2) is 5.04 Å². The zero-order chi connectivity index (χ0) is 26.0. The molecule has 3 unspecified atom stereocenters. The number of hydrogen-bond acceptors (Lipinski definition) is 6. The Morgan fingerprint density at radius 3 is 2.69 bits per heavy atom. The van der Waals surface area contributed by atoms with Crippen LogP contribution in [0.25, 0.3) is 16.6 Å². The Hall–Kier alpha value is -2.95. The van der Waals surface area contributed by atoms with Gasteiger partial charge < -0.3 is 5.43 Å². The van der Waals surface area contributed by atoms with E-state index in [0.29, 0.717) is 19.0 Å². The van der Waals surface area contributed by atoms with Gasteiger partial charge in [-0.15, -0.1) is 0 Å². The molecule has 0 saturated carbocycles. The molecule has 36 heavy (non-hydrogen) atoms. The number of nitrogens with zero attached hydrogens (tertiary/aromatic N) is 5. The van der Waals surface area contributed by atoms with E-state index in [-0.39, 0.29) is 22.9 Å². The highest BCUT2D eigenvalue weighted by Gasteiger charge is 2.37. The SMILES string of the molecule is CN/N=C\C(=N)S(=O)N1CC(C)N(CC(C)C)C(c2cc3cnn(-c4ccc(F)cc4)c3cc2C)C1. The lowest BCUT2D eigenvalue weighted by Gasteiger charge is -2.46. The van der Waals surface area contributed by atoms with Gasteiger partial charge in [0.25, 0.3) is 0 Å². The molecule has 0 radical (unpaired) electrons. The van der Waals surface area contributed by atoms with Crippen molar-refractivity contribution >= 4 is 33.1 Å². The molecule has 1 fully saturated rings. The van der Waals surface area contributed by atoms with E-state index >= 15 is 0 Å². The number of halogens is 1. The summed E-state index contributed by atoms with van der Waals surface area (Å²) in [4.78, 5) is 2.49. The van der Waals surface area contributed by atoms with E-state index < -0.39 is 11.0 Å². The summed E-state index contributed by atoms with van der Waals surface area (Å²) < 4.78 is 30.3. The van der Waals surface area contributed by atoms with Gasteiger partial charge in [0.1, 0.15) is 16.8 Å². The first-order valence-corrected chi connectivity index (χ1v) is 13.3. The molecule has 4 rings (SSSR count). The Morgan fingerprint density at radius 1 is 1.31 bits per heavy atom. The number of aryl methyl sites for hydroxylation is 1. The van der Waals surface area contributed by atoms with Crippen LogP contribution in [0.4, 0.5) is 4.39 Å². The van der Waals surface area contributed by atoms with Gasteiger partial charge in [-0.25, -0.2) is 17.6 Å². The van der Waals surface area contributed by atoms with E-state index in [1.807, 2.05) is 15.2 Å². The van der Waals surface area contributed by atoms with E-state index in [9.17, 15) is 8.60 Å². The summed E-state index contributed by atoms with van der Waals surface area (Å²) in [5.74, 6) is 0.191. The number of rotatable bonds is 7. The standard InChI is InChI=1S/C26H34FN7OS/c1-17(2)14-33-19(4)15-32(36(35)26(28)13-30-29-5)16-25(33)23-11-20-12-31-34(24(20)10-18(23)3)22-8-6-21(27)7-9-22/h6-13,17,19,25,28-29H,14-16H2,1-5H3/b28-26?,30-13-. The maximum atomic E-state index is 13.4. The number of piperazine rings is 1. The molecule has 2 N–H and O–H groups in total. The fraction of sp³-hybridized carbons (Fsp3) is 0.423. The normalized spacial score (nSPS) is 20.4. The number of benzene rings is 2. The monoisotopic (exact) mass is 511 g/mol. The second-order valence-corrected chi connectivity index (χ2v) is 11.2. The molecule has 1 saturated heterocycles. The van der Waals surface area contributed by atoms with Crippen LogP contribution >= 0.6 is 0 Å². The van der Waals surface area contributed by atoms with Crippen LogP contribution in [-0.4, -0.2) is 67.2 Å². The molecule has 1 aliphatic rings. The lowest BCUT2D eigenvalue weighted by atomic mass is 9.94. The Bertz CT molecular complexity index is 1290. The first-order chi connectivity index (χ1) is 17.2. The zero-order valence-corrected chi connectivity index (χ0v) is 22.2. The summed E-state index contributed by atoms with van der Waals surface area (Å²) in [6.45, 7) is 10.7. The first-order valence-electron chi connectivity index (χ1n) is 12.1. The quantitative estimate of drug-likeness (QED) is 0.285. The number of fused-ring (bicyclic) bond motifs is 1. The van der Waals surface area contributed by atoms with Crippen molar-refractivity contribution in [2.75, 3.05) is 26.7 Å². The minimum atomic E-state index is -1.60. The van der Waals surface area contributed by atoms with E-state index in [0.717, 1.165) is 34.3 Å². The average molecular weight is 512 g/mol. The molecule has 3 atom stereocenters. The third-order valence-corrected chi connectivity index (χ3v) is 7.76. The first kappa shape index (κ1) is 26.1. The summed E-state index contributed by atoms with van der Waals surface area (Å²) in [6, 6.07) is 10.8. The van der Waals surface area contributed by atoms with Crippen molar-refractivity contribution in [2.24, 2.45) is 11.0 Å². The van der Waals surface area contributed by atoms with E-state index in [2.05, 4.69) is 60.4 Å². The molecule has 3 aromatic rings. The second kappa shape index (κ2) is 11.0. The molecule has 2 heterocycles. The summed E-state index contributed by atoms with van der Waals surface area (Å²) in [7, 11) is 0.0471. The summed E-state index contributed by atoms with van der Waals surface area (Å²) >= 11 is 0. The molecular formula is C26H34FN7OS. The Labute approximate surface area is 214 Å². The number of hydrogen-bond donors (Lipinski definition) is 2. The van der Waals surface area contributed by atoms with E-state index in [1.165, 1.54) is 18.3 Å². The van der Waals surface area contributed by atoms with Crippen molar-refractivity contribution in [3.8, 4) is 5.69 Å². The largest absolute Gasteiger partial charge is 0.313 e. The topological polar surface area (TPSA) is 89.6 Å². The number of aromatic nitrogens is 2. The maximum absolute atomic E-state index is 13.4. The number of nitrogens with one attached hydrogen (secondary N) is 2. The van der Waals surface area contributed by atoms with Gasteiger partial charge in [-0.2, -0.15) is 10.2 Å². The second-order valence-electron chi connectivity index (χ2n) is 9.70. The van der Waals surface area contributed by atoms with Crippen LogP contribution < -0.4 is 5.43 Å². The molecule has 0 spiro atoms. The zero-order valence-electron chi connectivity index (χ0n) is 21.4. The lowest BCUT2D eigenvalue weighted by molar-refractivity contribution is 0.0586. The Balaban J connectivity index is 1.72. The van der Waals surface area contributed by atoms with Crippen LogP contribution in [0.1, 0.15) is 37.9 Å². The van der Waals surface area contributed by atoms with Gasteiger partial charge >= 0.3 is 0 Å². The minimum absolute atomic E-state index is 0.00714. The van der Waals surface area contributed by atoms with Crippen LogP contribution in [-0.2, 0) is 11.0 Å². The highest BCUT2D eigenvalue weighted by Crippen LogP contribution is 2.34. The summed E-state index contributed by atoms with van der Waals surface area (Å²) in [5, 5.41) is 17.6. The highest BCUT2D eigenvalue weighted by molar-refractivity contribution is 8.00. The van der Waals surface area contributed by atoms with E-state index in [4.69, 9.17) is 5.41 Å². The molecule has 0 aliphatic carbocycles. The fourth-order valence-corrected chi connectivity index (χ4v) is 5.92. The van der Waals surface area contributed by atoms with E-state index in [1.54, 1.807) is 19.2 Å². The van der Waals surface area contributed by atoms with Crippen LogP contribution in [0.3, 0.4) is 0 Å². The van der Waals surface area contributed by atoms with Crippen LogP contribution in [0.2, 0.25) is 0 Å². The summed E-state index contributed by atoms with van der Waals surface area (Å²) in [5.41, 5.74) is 6.63. The van der Waals surface area contributed by atoms with Crippen molar-refractivity contribution < 1.29 is 8.60 Å². The molecule has 192 valence electrons. The van der Waals surface area contributed by atoms with Crippen LogP contribution in [0, 0.1) is 24.1 Å². The fourth-order valence-electron chi connectivity index (χ4n) is 4.87. The highest BCUT2D eigenvalue weighted by atomic mass is 32.2. The molecule has 1 aromatic heterocycles. The van der Waals surface area contributed by atoms with Gasteiger partial charge in [-0.05, 0) is 67.3 Å². The lowest BCUT2D eigenvalue weighted by Crippen LogP contribution is -2.55. The smallest absolute Gasteiger partial charge is 0.154 e. The third-order valence-electron chi connectivity index (χ3n) is 6.51. The van der Waals surface area contributed by atoms with Crippen molar-refractivity contribution in [1.82, 2.24) is 24.4 Å². The minimum Gasteiger partial charge on any atom is -0.313 e. The molecular weight excluding hydrogens is 477 g/mol. The van der Waals surface area contributed by atoms with Gasteiger partial charge in [-0.3, -0.25) is 10.3 Å². The van der Waals surface area contributed by atoms with Crippen LogP contribution in [0.15, 0.2) is 47.7 Å². The predicted octanol–water partition coefficient (Wildman–Crippen LogP) is 4.02. The molecule has 10 heteroatoms. The third kappa shape index (κ3) is 5.40. The van der Waals surface area contributed by atoms with Crippen LogP contribution in [0.5, 0.6) is 0 Å². The van der Waals surface area contributed by atoms with Gasteiger partial charge in [0.2, 0.25) is 0 Å². The van der Waals surface area contributed by atoms with Crippen molar-refractivity contribution in [2.45, 2.75) is 39.8 Å². The Kier molecular flexibility index (Phi) is 7.97. The van der Waals surface area contributed by atoms with Crippen molar-refractivity contribution in [1.29, 1.82) is 5.41 Å².